The molecule has 1 heterocycles. The molecule has 1 aliphatic heterocycles. The zero-order valence-corrected chi connectivity index (χ0v) is 11.5. The van der Waals surface area contributed by atoms with Crippen molar-refractivity contribution in [2.45, 2.75) is 32.4 Å². The van der Waals surface area contributed by atoms with Crippen LogP contribution >= 0.6 is 0 Å². The summed E-state index contributed by atoms with van der Waals surface area (Å²) in [7, 11) is 0. The van der Waals surface area contributed by atoms with Crippen LogP contribution in [0, 0.1) is 0 Å². The van der Waals surface area contributed by atoms with Crippen LogP contribution in [0.15, 0.2) is 24.3 Å². The number of nitrogens with one attached hydrogen (secondary N) is 1. The lowest BCUT2D eigenvalue weighted by Gasteiger charge is -2.23. The minimum Gasteiger partial charge on any atom is -0.490 e. The van der Waals surface area contributed by atoms with E-state index in [0.717, 1.165) is 13.2 Å². The average molecular weight is 263 g/mol. The topological polar surface area (TPSA) is 47.6 Å². The van der Waals surface area contributed by atoms with Crippen molar-refractivity contribution in [2.75, 3.05) is 19.8 Å². The van der Waals surface area contributed by atoms with Gasteiger partial charge < -0.3 is 14.8 Å². The molecule has 0 spiro atoms. The predicted octanol–water partition coefficient (Wildman–Crippen LogP) is 2.04. The Morgan fingerprint density at radius 1 is 1.47 bits per heavy atom. The van der Waals surface area contributed by atoms with Gasteiger partial charge in [0.05, 0.1) is 24.9 Å². The van der Waals surface area contributed by atoms with Crippen LogP contribution in [0.4, 0.5) is 0 Å². The Kier molecular flexibility index (Phi) is 4.93. The van der Waals surface area contributed by atoms with Crippen LogP contribution in [0.25, 0.3) is 0 Å². The molecule has 1 aromatic rings. The van der Waals surface area contributed by atoms with Gasteiger partial charge in [-0.2, -0.15) is 0 Å². The first-order chi connectivity index (χ1) is 9.16. The van der Waals surface area contributed by atoms with Crippen molar-refractivity contribution < 1.29 is 14.3 Å². The maximum absolute atomic E-state index is 12.3. The number of rotatable bonds is 5. The normalized spacial score (nSPS) is 19.4. The zero-order chi connectivity index (χ0) is 13.7. The van der Waals surface area contributed by atoms with Crippen LogP contribution in [-0.4, -0.2) is 37.7 Å². The van der Waals surface area contributed by atoms with Gasteiger partial charge in [-0.3, -0.25) is 4.79 Å². The maximum Gasteiger partial charge on any atom is 0.168 e. The smallest absolute Gasteiger partial charge is 0.168 e. The lowest BCUT2D eigenvalue weighted by molar-refractivity contribution is 0.0674. The highest BCUT2D eigenvalue weighted by Gasteiger charge is 2.20. The Labute approximate surface area is 114 Å². The molecule has 1 saturated heterocycles. The summed E-state index contributed by atoms with van der Waals surface area (Å²) in [5, 5.41) is 3.29. The van der Waals surface area contributed by atoms with E-state index >= 15 is 0 Å². The number of ketones is 1. The molecule has 0 radical (unpaired) electrons. The van der Waals surface area contributed by atoms with Crippen LogP contribution in [0.2, 0.25) is 0 Å². The molecular formula is C15H21NO3. The SMILES string of the molecule is CC(C)Oc1ccccc1C(=O)CC1COCCN1. The highest BCUT2D eigenvalue weighted by atomic mass is 16.5. The van der Waals surface area contributed by atoms with Crippen molar-refractivity contribution in [3.8, 4) is 5.75 Å². The molecule has 2 rings (SSSR count). The van der Waals surface area contributed by atoms with Crippen molar-refractivity contribution in [2.24, 2.45) is 0 Å². The van der Waals surface area contributed by atoms with E-state index in [9.17, 15) is 4.79 Å². The van der Waals surface area contributed by atoms with Crippen molar-refractivity contribution in [3.63, 3.8) is 0 Å². The number of carbonyl (C=O) groups excluding carboxylic acids is 1. The molecule has 4 nitrogen and oxygen atoms in total. The molecule has 104 valence electrons. The van der Waals surface area contributed by atoms with Gasteiger partial charge >= 0.3 is 0 Å². The second kappa shape index (κ2) is 6.68. The molecule has 0 bridgehead atoms. The quantitative estimate of drug-likeness (QED) is 0.826. The number of morpholine rings is 1. The zero-order valence-electron chi connectivity index (χ0n) is 11.5. The van der Waals surface area contributed by atoms with Gasteiger partial charge in [0.1, 0.15) is 5.75 Å². The molecule has 0 saturated carbocycles. The van der Waals surface area contributed by atoms with E-state index in [-0.39, 0.29) is 17.9 Å². The lowest BCUT2D eigenvalue weighted by atomic mass is 10.0. The molecule has 1 unspecified atom stereocenters. The monoisotopic (exact) mass is 263 g/mol. The predicted molar refractivity (Wildman–Crippen MR) is 73.8 cm³/mol. The fourth-order valence-corrected chi connectivity index (χ4v) is 2.14. The van der Waals surface area contributed by atoms with Crippen LogP contribution in [0.3, 0.4) is 0 Å². The van der Waals surface area contributed by atoms with Crippen LogP contribution < -0.4 is 10.1 Å². The van der Waals surface area contributed by atoms with E-state index < -0.39 is 0 Å². The number of ether oxygens (including phenoxy) is 2. The Morgan fingerprint density at radius 3 is 2.95 bits per heavy atom. The molecule has 1 aromatic carbocycles. The number of benzene rings is 1. The molecule has 1 N–H and O–H groups in total. The summed E-state index contributed by atoms with van der Waals surface area (Å²) < 4.78 is 11.1. The van der Waals surface area contributed by atoms with Crippen molar-refractivity contribution in [1.29, 1.82) is 0 Å². The van der Waals surface area contributed by atoms with E-state index in [1.807, 2.05) is 38.1 Å². The van der Waals surface area contributed by atoms with E-state index in [0.29, 0.717) is 24.3 Å². The van der Waals surface area contributed by atoms with Gasteiger partial charge in [-0.05, 0) is 26.0 Å². The summed E-state index contributed by atoms with van der Waals surface area (Å²) in [6.07, 6.45) is 0.503. The third-order valence-electron chi connectivity index (χ3n) is 2.98. The number of para-hydroxylation sites is 1. The molecule has 4 heteroatoms. The largest absolute Gasteiger partial charge is 0.490 e. The summed E-state index contributed by atoms with van der Waals surface area (Å²) in [5.41, 5.74) is 0.656. The van der Waals surface area contributed by atoms with Gasteiger partial charge in [-0.15, -0.1) is 0 Å². The van der Waals surface area contributed by atoms with Gasteiger partial charge in [0.25, 0.3) is 0 Å². The Bertz CT molecular complexity index is 425. The summed E-state index contributed by atoms with van der Waals surface area (Å²) in [4.78, 5) is 12.3. The molecule has 0 aromatic heterocycles. The second-order valence-corrected chi connectivity index (χ2v) is 5.02. The highest BCUT2D eigenvalue weighted by molar-refractivity contribution is 5.99. The number of hydrogen-bond acceptors (Lipinski definition) is 4. The van der Waals surface area contributed by atoms with Gasteiger partial charge in [0.2, 0.25) is 0 Å². The van der Waals surface area contributed by atoms with Crippen molar-refractivity contribution in [1.82, 2.24) is 5.32 Å². The molecule has 1 aliphatic rings. The number of carbonyl (C=O) groups is 1. The maximum atomic E-state index is 12.3. The fourth-order valence-electron chi connectivity index (χ4n) is 2.14. The summed E-state index contributed by atoms with van der Waals surface area (Å²) >= 11 is 0. The Hall–Kier alpha value is -1.39. The minimum absolute atomic E-state index is 0.0603. The molecule has 1 atom stereocenters. The molecule has 19 heavy (non-hydrogen) atoms. The first-order valence-corrected chi connectivity index (χ1v) is 6.77. The van der Waals surface area contributed by atoms with Crippen LogP contribution in [0.5, 0.6) is 5.75 Å². The first kappa shape index (κ1) is 14.0. The van der Waals surface area contributed by atoms with E-state index in [1.165, 1.54) is 0 Å². The lowest BCUT2D eigenvalue weighted by Crippen LogP contribution is -2.42. The van der Waals surface area contributed by atoms with Crippen molar-refractivity contribution >= 4 is 5.78 Å². The van der Waals surface area contributed by atoms with Crippen LogP contribution in [0.1, 0.15) is 30.6 Å². The third-order valence-corrected chi connectivity index (χ3v) is 2.98. The fraction of sp³-hybridized carbons (Fsp3) is 0.533. The van der Waals surface area contributed by atoms with Crippen molar-refractivity contribution in [3.05, 3.63) is 29.8 Å². The molecular weight excluding hydrogens is 242 g/mol. The molecule has 0 aliphatic carbocycles. The average Bonchev–Trinajstić information content (AvgIpc) is 2.39. The molecule has 1 fully saturated rings. The third kappa shape index (κ3) is 4.04. The summed E-state index contributed by atoms with van der Waals surface area (Å²) in [5.74, 6) is 0.762. The first-order valence-electron chi connectivity index (χ1n) is 6.77. The number of hydrogen-bond donors (Lipinski definition) is 1. The second-order valence-electron chi connectivity index (χ2n) is 5.02. The minimum atomic E-state index is 0.0603. The summed E-state index contributed by atoms with van der Waals surface area (Å²) in [6.45, 7) is 6.04. The number of Topliss-reactive ketones (excluding diaryl/α,β-unsaturated/α-hetero) is 1. The van der Waals surface area contributed by atoms with E-state index in [4.69, 9.17) is 9.47 Å². The van der Waals surface area contributed by atoms with E-state index in [2.05, 4.69) is 5.32 Å². The van der Waals surface area contributed by atoms with Gasteiger partial charge in [-0.1, -0.05) is 12.1 Å². The highest BCUT2D eigenvalue weighted by Crippen LogP contribution is 2.21. The Balaban J connectivity index is 2.05. The molecule has 0 amide bonds. The van der Waals surface area contributed by atoms with Crippen LogP contribution in [-0.2, 0) is 4.74 Å². The van der Waals surface area contributed by atoms with Gasteiger partial charge in [0.15, 0.2) is 5.78 Å². The van der Waals surface area contributed by atoms with Gasteiger partial charge in [-0.25, -0.2) is 0 Å². The Morgan fingerprint density at radius 2 is 2.26 bits per heavy atom. The van der Waals surface area contributed by atoms with Gasteiger partial charge in [0, 0.05) is 19.0 Å². The summed E-state index contributed by atoms with van der Waals surface area (Å²) in [6, 6.07) is 7.53. The van der Waals surface area contributed by atoms with E-state index in [1.54, 1.807) is 0 Å². The standard InChI is InChI=1S/C15H21NO3/c1-11(2)19-15-6-4-3-5-13(15)14(17)9-12-10-18-8-7-16-12/h3-6,11-12,16H,7-10H2,1-2H3.